The van der Waals surface area contributed by atoms with E-state index >= 15 is 0 Å². The molecule has 0 atom stereocenters. The molecule has 0 aliphatic carbocycles. The first kappa shape index (κ1) is 11.9. The van der Waals surface area contributed by atoms with Crippen molar-refractivity contribution >= 4 is 17.1 Å². The third-order valence-corrected chi connectivity index (χ3v) is 2.40. The number of nitrogen functional groups attached to an aromatic ring is 1. The monoisotopic (exact) mass is 245 g/mol. The predicted molar refractivity (Wildman–Crippen MR) is 65.2 cm³/mol. The smallest absolute Gasteiger partial charge is 0.182 e. The van der Waals surface area contributed by atoms with Crippen LogP contribution in [0.3, 0.4) is 0 Å². The summed E-state index contributed by atoms with van der Waals surface area (Å²) in [4.78, 5) is 0. The lowest BCUT2D eigenvalue weighted by molar-refractivity contribution is 0.512. The molecule has 0 saturated carbocycles. The molecule has 0 bridgehead atoms. The van der Waals surface area contributed by atoms with Crippen LogP contribution in [0.4, 0.5) is 25.8 Å². The topological polar surface area (TPSA) is 61.8 Å². The van der Waals surface area contributed by atoms with Crippen LogP contribution in [0.2, 0.25) is 0 Å². The first-order chi connectivity index (χ1) is 8.61. The zero-order valence-electron chi connectivity index (χ0n) is 9.24. The van der Waals surface area contributed by atoms with Crippen molar-refractivity contribution in [2.24, 2.45) is 0 Å². The van der Waals surface area contributed by atoms with Gasteiger partial charge in [0.05, 0.1) is 16.9 Å². The Balaban J connectivity index is 2.32. The molecule has 0 aromatic heterocycles. The summed E-state index contributed by atoms with van der Waals surface area (Å²) in [6.07, 6.45) is 0. The molecule has 3 nitrogen and oxygen atoms in total. The molecule has 0 radical (unpaired) electrons. The van der Waals surface area contributed by atoms with Gasteiger partial charge in [-0.15, -0.1) is 0 Å². The van der Waals surface area contributed by atoms with Gasteiger partial charge in [0.15, 0.2) is 11.6 Å². The molecule has 18 heavy (non-hydrogen) atoms. The second-order valence-electron chi connectivity index (χ2n) is 3.64. The summed E-state index contributed by atoms with van der Waals surface area (Å²) in [7, 11) is 0. The van der Waals surface area contributed by atoms with Gasteiger partial charge in [-0.1, -0.05) is 6.07 Å². The van der Waals surface area contributed by atoms with E-state index in [-0.39, 0.29) is 11.4 Å². The molecule has 0 heterocycles. The van der Waals surface area contributed by atoms with Gasteiger partial charge in [0.2, 0.25) is 0 Å². The van der Waals surface area contributed by atoms with Crippen LogP contribution >= 0.6 is 0 Å². The van der Waals surface area contributed by atoms with E-state index in [0.717, 1.165) is 6.07 Å². The van der Waals surface area contributed by atoms with E-state index in [0.29, 0.717) is 11.3 Å². The number of rotatable bonds is 2. The van der Waals surface area contributed by atoms with Crippen LogP contribution in [0.15, 0.2) is 36.4 Å². The number of nitrogens with zero attached hydrogens (tertiary/aromatic N) is 1. The number of hydrogen-bond acceptors (Lipinski definition) is 3. The summed E-state index contributed by atoms with van der Waals surface area (Å²) in [5.41, 5.74) is 6.73. The maximum Gasteiger partial charge on any atom is 0.182 e. The Morgan fingerprint density at radius 2 is 1.94 bits per heavy atom. The van der Waals surface area contributed by atoms with E-state index in [4.69, 9.17) is 11.0 Å². The van der Waals surface area contributed by atoms with E-state index < -0.39 is 11.6 Å². The number of nitrogens with two attached hydrogens (primary N) is 1. The predicted octanol–water partition coefficient (Wildman–Crippen LogP) is 3.16. The van der Waals surface area contributed by atoms with E-state index in [2.05, 4.69) is 5.32 Å². The van der Waals surface area contributed by atoms with Crippen molar-refractivity contribution in [1.29, 1.82) is 5.26 Å². The minimum absolute atomic E-state index is 0.0131. The highest BCUT2D eigenvalue weighted by molar-refractivity contribution is 5.67. The number of halogens is 2. The van der Waals surface area contributed by atoms with Crippen molar-refractivity contribution in [3.05, 3.63) is 53.6 Å². The number of benzene rings is 2. The Hall–Kier alpha value is -2.61. The van der Waals surface area contributed by atoms with Crippen LogP contribution in [0.5, 0.6) is 0 Å². The normalized spacial score (nSPS) is 9.83. The van der Waals surface area contributed by atoms with E-state index in [1.54, 1.807) is 6.07 Å². The van der Waals surface area contributed by atoms with Crippen LogP contribution in [0.1, 0.15) is 5.56 Å². The second-order valence-corrected chi connectivity index (χ2v) is 3.64. The molecular weight excluding hydrogens is 236 g/mol. The van der Waals surface area contributed by atoms with Crippen molar-refractivity contribution in [1.82, 2.24) is 0 Å². The lowest BCUT2D eigenvalue weighted by Gasteiger charge is -2.09. The SMILES string of the molecule is N#Cc1ccc(Nc2cccc(F)c2F)cc1N. The van der Waals surface area contributed by atoms with E-state index in [1.165, 1.54) is 24.3 Å². The van der Waals surface area contributed by atoms with Crippen molar-refractivity contribution in [2.45, 2.75) is 0 Å². The average Bonchev–Trinajstić information content (AvgIpc) is 2.35. The van der Waals surface area contributed by atoms with Crippen LogP contribution in [0.25, 0.3) is 0 Å². The Morgan fingerprint density at radius 1 is 1.17 bits per heavy atom. The molecule has 0 amide bonds. The Labute approximate surface area is 102 Å². The number of anilines is 3. The number of nitrogens with one attached hydrogen (secondary N) is 1. The van der Waals surface area contributed by atoms with Gasteiger partial charge in [0, 0.05) is 5.69 Å². The van der Waals surface area contributed by atoms with Crippen LogP contribution < -0.4 is 11.1 Å². The zero-order chi connectivity index (χ0) is 13.1. The van der Waals surface area contributed by atoms with Gasteiger partial charge in [0.1, 0.15) is 6.07 Å². The summed E-state index contributed by atoms with van der Waals surface area (Å²) in [5.74, 6) is -1.89. The Morgan fingerprint density at radius 3 is 2.61 bits per heavy atom. The lowest BCUT2D eigenvalue weighted by atomic mass is 10.1. The Kier molecular flexibility index (Phi) is 3.11. The van der Waals surface area contributed by atoms with Crippen LogP contribution in [-0.4, -0.2) is 0 Å². The number of hydrogen-bond donors (Lipinski definition) is 2. The van der Waals surface area contributed by atoms with E-state index in [1.807, 2.05) is 6.07 Å². The molecule has 5 heteroatoms. The second kappa shape index (κ2) is 4.72. The minimum Gasteiger partial charge on any atom is -0.398 e. The van der Waals surface area contributed by atoms with Gasteiger partial charge in [-0.2, -0.15) is 5.26 Å². The summed E-state index contributed by atoms with van der Waals surface area (Å²) in [6, 6.07) is 10.3. The molecule has 90 valence electrons. The molecule has 0 aliphatic heterocycles. The van der Waals surface area contributed by atoms with Crippen molar-refractivity contribution in [2.75, 3.05) is 11.1 Å². The molecule has 2 aromatic rings. The third kappa shape index (κ3) is 2.23. The maximum absolute atomic E-state index is 13.4. The van der Waals surface area contributed by atoms with Gasteiger partial charge in [0.25, 0.3) is 0 Å². The summed E-state index contributed by atoms with van der Waals surface area (Å²) < 4.78 is 26.4. The maximum atomic E-state index is 13.4. The van der Waals surface area contributed by atoms with Gasteiger partial charge in [-0.25, -0.2) is 8.78 Å². The van der Waals surface area contributed by atoms with E-state index in [9.17, 15) is 8.78 Å². The minimum atomic E-state index is -0.958. The highest BCUT2D eigenvalue weighted by atomic mass is 19.2. The molecule has 0 saturated heterocycles. The third-order valence-electron chi connectivity index (χ3n) is 2.40. The standard InChI is InChI=1S/C13H9F2N3/c14-10-2-1-3-12(13(10)15)18-9-5-4-8(7-16)11(17)6-9/h1-6,18H,17H2. The molecule has 2 aromatic carbocycles. The molecule has 3 N–H and O–H groups in total. The fourth-order valence-corrected chi connectivity index (χ4v) is 1.50. The average molecular weight is 245 g/mol. The zero-order valence-corrected chi connectivity index (χ0v) is 9.24. The molecule has 2 rings (SSSR count). The molecule has 0 unspecified atom stereocenters. The van der Waals surface area contributed by atoms with Gasteiger partial charge in [-0.3, -0.25) is 0 Å². The molecule has 0 spiro atoms. The van der Waals surface area contributed by atoms with Gasteiger partial charge >= 0.3 is 0 Å². The van der Waals surface area contributed by atoms with Crippen molar-refractivity contribution < 1.29 is 8.78 Å². The van der Waals surface area contributed by atoms with Crippen molar-refractivity contribution in [3.63, 3.8) is 0 Å². The molecule has 0 aliphatic rings. The largest absolute Gasteiger partial charge is 0.398 e. The highest BCUT2D eigenvalue weighted by Gasteiger charge is 2.08. The summed E-state index contributed by atoms with van der Waals surface area (Å²) in [5, 5.41) is 11.4. The summed E-state index contributed by atoms with van der Waals surface area (Å²) in [6.45, 7) is 0. The summed E-state index contributed by atoms with van der Waals surface area (Å²) >= 11 is 0. The van der Waals surface area contributed by atoms with Gasteiger partial charge < -0.3 is 11.1 Å². The first-order valence-electron chi connectivity index (χ1n) is 5.12. The molecular formula is C13H9F2N3. The van der Waals surface area contributed by atoms with Crippen LogP contribution in [-0.2, 0) is 0 Å². The highest BCUT2D eigenvalue weighted by Crippen LogP contribution is 2.24. The molecule has 0 fully saturated rings. The van der Waals surface area contributed by atoms with Gasteiger partial charge in [-0.05, 0) is 30.3 Å². The quantitative estimate of drug-likeness (QED) is 0.799. The fraction of sp³-hybridized carbons (Fsp3) is 0. The Bertz CT molecular complexity index is 633. The first-order valence-corrected chi connectivity index (χ1v) is 5.12. The van der Waals surface area contributed by atoms with Crippen LogP contribution in [0, 0.1) is 23.0 Å². The fourth-order valence-electron chi connectivity index (χ4n) is 1.50. The lowest BCUT2D eigenvalue weighted by Crippen LogP contribution is -1.98. The number of nitriles is 1. The van der Waals surface area contributed by atoms with Crippen molar-refractivity contribution in [3.8, 4) is 6.07 Å².